The van der Waals surface area contributed by atoms with Gasteiger partial charge in [-0.3, -0.25) is 0 Å². The number of benzene rings is 1. The fourth-order valence-electron chi connectivity index (χ4n) is 1.84. The van der Waals surface area contributed by atoms with E-state index in [2.05, 4.69) is 48.1 Å². The number of aromatic nitrogens is 2. The number of halogens is 1. The van der Waals surface area contributed by atoms with Gasteiger partial charge in [0.15, 0.2) is 5.82 Å². The molecule has 0 aliphatic heterocycles. The number of hydrogen-bond donors (Lipinski definition) is 0. The van der Waals surface area contributed by atoms with Crippen LogP contribution in [0.1, 0.15) is 26.0 Å². The minimum atomic E-state index is 0.514. The molecule has 0 N–H and O–H groups in total. The molecule has 0 atom stereocenters. The van der Waals surface area contributed by atoms with Crippen LogP contribution in [0.25, 0.3) is 11.4 Å². The van der Waals surface area contributed by atoms with E-state index < -0.39 is 0 Å². The fraction of sp³-hybridized carbons (Fsp3) is 0.333. The molecule has 1 aromatic heterocycles. The molecule has 0 aliphatic carbocycles. The van der Waals surface area contributed by atoms with E-state index in [0.29, 0.717) is 11.0 Å². The molecule has 2 nitrogen and oxygen atoms in total. The SMILES string of the molecule is CCCc1cc(Cl)nc(-c2ccc(SCC)cc2)n1. The molecule has 0 amide bonds. The first-order valence-electron chi connectivity index (χ1n) is 6.49. The Hall–Kier alpha value is -1.06. The van der Waals surface area contributed by atoms with Crippen molar-refractivity contribution in [2.75, 3.05) is 5.75 Å². The molecular formula is C15H17ClN2S. The maximum atomic E-state index is 6.06. The third-order valence-corrected chi connectivity index (χ3v) is 3.77. The predicted molar refractivity (Wildman–Crippen MR) is 82.9 cm³/mol. The Morgan fingerprint density at radius 3 is 2.47 bits per heavy atom. The summed E-state index contributed by atoms with van der Waals surface area (Å²) < 4.78 is 0. The van der Waals surface area contributed by atoms with Gasteiger partial charge in [-0.05, 0) is 30.4 Å². The minimum absolute atomic E-state index is 0.514. The lowest BCUT2D eigenvalue weighted by Crippen LogP contribution is -1.96. The molecule has 2 rings (SSSR count). The van der Waals surface area contributed by atoms with Gasteiger partial charge in [-0.15, -0.1) is 11.8 Å². The summed E-state index contributed by atoms with van der Waals surface area (Å²) in [4.78, 5) is 10.1. The van der Waals surface area contributed by atoms with Crippen molar-refractivity contribution < 1.29 is 0 Å². The van der Waals surface area contributed by atoms with Crippen LogP contribution in [0.4, 0.5) is 0 Å². The molecule has 19 heavy (non-hydrogen) atoms. The second-order valence-corrected chi connectivity index (χ2v) is 5.94. The molecule has 0 unspecified atom stereocenters. The quantitative estimate of drug-likeness (QED) is 0.581. The van der Waals surface area contributed by atoms with Crippen molar-refractivity contribution in [2.45, 2.75) is 31.6 Å². The van der Waals surface area contributed by atoms with Gasteiger partial charge in [-0.2, -0.15) is 0 Å². The van der Waals surface area contributed by atoms with Crippen LogP contribution in [0.3, 0.4) is 0 Å². The van der Waals surface area contributed by atoms with E-state index in [0.717, 1.165) is 29.9 Å². The van der Waals surface area contributed by atoms with Gasteiger partial charge in [0.2, 0.25) is 0 Å². The highest BCUT2D eigenvalue weighted by molar-refractivity contribution is 7.99. The van der Waals surface area contributed by atoms with E-state index >= 15 is 0 Å². The zero-order valence-electron chi connectivity index (χ0n) is 11.2. The molecule has 0 saturated carbocycles. The van der Waals surface area contributed by atoms with E-state index in [1.54, 1.807) is 0 Å². The van der Waals surface area contributed by atoms with Crippen LogP contribution in [0.15, 0.2) is 35.2 Å². The molecule has 4 heteroatoms. The van der Waals surface area contributed by atoms with Gasteiger partial charge < -0.3 is 0 Å². The van der Waals surface area contributed by atoms with Gasteiger partial charge in [-0.25, -0.2) is 9.97 Å². The number of hydrogen-bond acceptors (Lipinski definition) is 3. The van der Waals surface area contributed by atoms with Crippen LogP contribution in [0.5, 0.6) is 0 Å². The minimum Gasteiger partial charge on any atom is -0.233 e. The van der Waals surface area contributed by atoms with E-state index in [1.165, 1.54) is 4.90 Å². The summed E-state index contributed by atoms with van der Waals surface area (Å²) in [6.07, 6.45) is 1.98. The first-order valence-corrected chi connectivity index (χ1v) is 7.86. The highest BCUT2D eigenvalue weighted by atomic mass is 35.5. The normalized spacial score (nSPS) is 10.7. The average Bonchev–Trinajstić information content (AvgIpc) is 2.40. The van der Waals surface area contributed by atoms with Gasteiger partial charge in [0, 0.05) is 16.2 Å². The first-order chi connectivity index (χ1) is 9.22. The van der Waals surface area contributed by atoms with E-state index in [-0.39, 0.29) is 0 Å². The topological polar surface area (TPSA) is 25.8 Å². The molecule has 1 aromatic carbocycles. The van der Waals surface area contributed by atoms with E-state index in [1.807, 2.05) is 17.8 Å². The summed E-state index contributed by atoms with van der Waals surface area (Å²) in [5.41, 5.74) is 2.02. The Bertz CT molecular complexity index is 540. The van der Waals surface area contributed by atoms with Gasteiger partial charge >= 0.3 is 0 Å². The van der Waals surface area contributed by atoms with Crippen molar-refractivity contribution >= 4 is 23.4 Å². The lowest BCUT2D eigenvalue weighted by molar-refractivity contribution is 0.875. The third kappa shape index (κ3) is 3.95. The van der Waals surface area contributed by atoms with Gasteiger partial charge in [-0.1, -0.05) is 44.0 Å². The standard InChI is InChI=1S/C15H17ClN2S/c1-3-5-12-10-14(16)18-15(17-12)11-6-8-13(9-7-11)19-4-2/h6-10H,3-5H2,1-2H3. The number of nitrogens with zero attached hydrogens (tertiary/aromatic N) is 2. The van der Waals surface area contributed by atoms with Crippen molar-refractivity contribution in [1.29, 1.82) is 0 Å². The lowest BCUT2D eigenvalue weighted by atomic mass is 10.2. The zero-order chi connectivity index (χ0) is 13.7. The zero-order valence-corrected chi connectivity index (χ0v) is 12.8. The summed E-state index contributed by atoms with van der Waals surface area (Å²) in [7, 11) is 0. The number of rotatable bonds is 5. The maximum Gasteiger partial charge on any atom is 0.161 e. The highest BCUT2D eigenvalue weighted by Gasteiger charge is 2.05. The molecule has 0 fully saturated rings. The molecule has 0 radical (unpaired) electrons. The smallest absolute Gasteiger partial charge is 0.161 e. The van der Waals surface area contributed by atoms with Crippen LogP contribution in [-0.2, 0) is 6.42 Å². The number of thioether (sulfide) groups is 1. The molecule has 0 aliphatic rings. The molecule has 1 heterocycles. The summed E-state index contributed by atoms with van der Waals surface area (Å²) in [5.74, 6) is 1.79. The van der Waals surface area contributed by atoms with Crippen LogP contribution >= 0.6 is 23.4 Å². The van der Waals surface area contributed by atoms with Gasteiger partial charge in [0.25, 0.3) is 0 Å². The van der Waals surface area contributed by atoms with E-state index in [9.17, 15) is 0 Å². The Morgan fingerprint density at radius 1 is 1.11 bits per heavy atom. The highest BCUT2D eigenvalue weighted by Crippen LogP contribution is 2.23. The van der Waals surface area contributed by atoms with E-state index in [4.69, 9.17) is 11.6 Å². The summed E-state index contributed by atoms with van der Waals surface area (Å²) in [6, 6.07) is 10.2. The van der Waals surface area contributed by atoms with Crippen molar-refractivity contribution in [1.82, 2.24) is 9.97 Å². The summed E-state index contributed by atoms with van der Waals surface area (Å²) in [6.45, 7) is 4.28. The monoisotopic (exact) mass is 292 g/mol. The van der Waals surface area contributed by atoms with Crippen molar-refractivity contribution in [3.8, 4) is 11.4 Å². The lowest BCUT2D eigenvalue weighted by Gasteiger charge is -2.05. The van der Waals surface area contributed by atoms with Crippen LogP contribution in [0.2, 0.25) is 5.15 Å². The molecular weight excluding hydrogens is 276 g/mol. The van der Waals surface area contributed by atoms with Crippen LogP contribution in [0, 0.1) is 0 Å². The summed E-state index contributed by atoms with van der Waals surface area (Å²) >= 11 is 7.89. The Kier molecular flexibility index (Phi) is 5.23. The Labute approximate surface area is 123 Å². The van der Waals surface area contributed by atoms with Crippen molar-refractivity contribution in [3.05, 3.63) is 41.2 Å². The Balaban J connectivity index is 2.29. The molecule has 2 aromatic rings. The Morgan fingerprint density at radius 2 is 1.84 bits per heavy atom. The molecule has 0 bridgehead atoms. The fourth-order valence-corrected chi connectivity index (χ4v) is 2.71. The summed E-state index contributed by atoms with van der Waals surface area (Å²) in [5, 5.41) is 0.514. The second-order valence-electron chi connectivity index (χ2n) is 4.21. The molecule has 0 saturated heterocycles. The predicted octanol–water partition coefficient (Wildman–Crippen LogP) is 4.86. The largest absolute Gasteiger partial charge is 0.233 e. The number of aryl methyl sites for hydroxylation is 1. The van der Waals surface area contributed by atoms with Crippen LogP contribution in [-0.4, -0.2) is 15.7 Å². The average molecular weight is 293 g/mol. The first kappa shape index (κ1) is 14.4. The van der Waals surface area contributed by atoms with Crippen molar-refractivity contribution in [3.63, 3.8) is 0 Å². The maximum absolute atomic E-state index is 6.06. The third-order valence-electron chi connectivity index (χ3n) is 2.68. The molecule has 0 spiro atoms. The van der Waals surface area contributed by atoms with Gasteiger partial charge in [0.1, 0.15) is 5.15 Å². The van der Waals surface area contributed by atoms with Gasteiger partial charge in [0.05, 0.1) is 0 Å². The molecule has 100 valence electrons. The second kappa shape index (κ2) is 6.92. The van der Waals surface area contributed by atoms with Crippen molar-refractivity contribution in [2.24, 2.45) is 0 Å². The van der Waals surface area contributed by atoms with Crippen LogP contribution < -0.4 is 0 Å².